The standard InChI is InChI=1S/C13H16N2O2S/c1-2-7-18-8-10-9-5-3-4-6-11(9)17-12(10)13(16)15-14/h3-6H,2,7-8,14H2,1H3,(H,15,16). The van der Waals surface area contributed by atoms with Crippen LogP contribution in [-0.2, 0) is 5.75 Å². The van der Waals surface area contributed by atoms with Gasteiger partial charge in [-0.15, -0.1) is 0 Å². The van der Waals surface area contributed by atoms with Crippen LogP contribution in [0.4, 0.5) is 0 Å². The number of furan rings is 1. The van der Waals surface area contributed by atoms with E-state index in [1.165, 1.54) is 0 Å². The first-order chi connectivity index (χ1) is 8.77. The highest BCUT2D eigenvalue weighted by Crippen LogP contribution is 2.29. The van der Waals surface area contributed by atoms with E-state index in [9.17, 15) is 4.79 Å². The Hall–Kier alpha value is -1.46. The highest BCUT2D eigenvalue weighted by Gasteiger charge is 2.19. The molecule has 2 aromatic rings. The van der Waals surface area contributed by atoms with Crippen LogP contribution in [0.25, 0.3) is 11.0 Å². The largest absolute Gasteiger partial charge is 0.451 e. The molecule has 3 N–H and O–H groups in total. The van der Waals surface area contributed by atoms with Crippen molar-refractivity contribution in [2.45, 2.75) is 19.1 Å². The maximum absolute atomic E-state index is 11.7. The molecule has 4 nitrogen and oxygen atoms in total. The predicted octanol–water partition coefficient (Wildman–Crippen LogP) is 2.68. The van der Waals surface area contributed by atoms with Gasteiger partial charge in [0, 0.05) is 16.7 Å². The Kier molecular flexibility index (Phi) is 4.28. The van der Waals surface area contributed by atoms with Crippen molar-refractivity contribution < 1.29 is 9.21 Å². The van der Waals surface area contributed by atoms with Crippen molar-refractivity contribution >= 4 is 28.6 Å². The van der Waals surface area contributed by atoms with Gasteiger partial charge in [0.05, 0.1) is 0 Å². The lowest BCUT2D eigenvalue weighted by atomic mass is 10.1. The number of carbonyl (C=O) groups excluding carboxylic acids is 1. The molecule has 0 aliphatic heterocycles. The Morgan fingerprint density at radius 1 is 1.44 bits per heavy atom. The van der Waals surface area contributed by atoms with Crippen LogP contribution >= 0.6 is 11.8 Å². The summed E-state index contributed by atoms with van der Waals surface area (Å²) in [5.41, 5.74) is 3.78. The number of hydrogen-bond acceptors (Lipinski definition) is 4. The molecule has 5 heteroatoms. The maximum atomic E-state index is 11.7. The highest BCUT2D eigenvalue weighted by atomic mass is 32.2. The predicted molar refractivity (Wildman–Crippen MR) is 74.3 cm³/mol. The zero-order chi connectivity index (χ0) is 13.0. The van der Waals surface area contributed by atoms with E-state index in [1.807, 2.05) is 24.3 Å². The third-order valence-electron chi connectivity index (χ3n) is 2.63. The zero-order valence-corrected chi connectivity index (χ0v) is 11.0. The number of thioether (sulfide) groups is 1. The monoisotopic (exact) mass is 264 g/mol. The summed E-state index contributed by atoms with van der Waals surface area (Å²) in [5.74, 6) is 6.94. The molecule has 96 valence electrons. The summed E-state index contributed by atoms with van der Waals surface area (Å²) >= 11 is 1.79. The Balaban J connectivity index is 2.41. The fourth-order valence-corrected chi connectivity index (χ4v) is 2.73. The Bertz CT molecular complexity index is 551. The Morgan fingerprint density at radius 2 is 2.22 bits per heavy atom. The van der Waals surface area contributed by atoms with Crippen LogP contribution in [-0.4, -0.2) is 11.7 Å². The molecule has 0 fully saturated rings. The molecule has 0 radical (unpaired) electrons. The molecule has 0 atom stereocenters. The van der Waals surface area contributed by atoms with E-state index in [4.69, 9.17) is 10.3 Å². The van der Waals surface area contributed by atoms with Gasteiger partial charge in [-0.1, -0.05) is 25.1 Å². The molecule has 2 rings (SSSR count). The van der Waals surface area contributed by atoms with Crippen LogP contribution in [0.2, 0.25) is 0 Å². The van der Waals surface area contributed by atoms with Crippen molar-refractivity contribution in [2.24, 2.45) is 5.84 Å². The van der Waals surface area contributed by atoms with Crippen molar-refractivity contribution in [3.05, 3.63) is 35.6 Å². The lowest BCUT2D eigenvalue weighted by molar-refractivity contribution is 0.0927. The number of amides is 1. The van der Waals surface area contributed by atoms with Crippen LogP contribution in [0.1, 0.15) is 29.5 Å². The minimum absolute atomic E-state index is 0.322. The highest BCUT2D eigenvalue weighted by molar-refractivity contribution is 7.98. The van der Waals surface area contributed by atoms with E-state index in [0.29, 0.717) is 5.76 Å². The summed E-state index contributed by atoms with van der Waals surface area (Å²) in [4.78, 5) is 11.7. The van der Waals surface area contributed by atoms with Crippen molar-refractivity contribution in [3.8, 4) is 0 Å². The van der Waals surface area contributed by atoms with Gasteiger partial charge < -0.3 is 4.42 Å². The number of hydrazine groups is 1. The maximum Gasteiger partial charge on any atom is 0.301 e. The number of hydrogen-bond donors (Lipinski definition) is 2. The minimum Gasteiger partial charge on any atom is -0.451 e. The van der Waals surface area contributed by atoms with Crippen molar-refractivity contribution in [2.75, 3.05) is 5.75 Å². The summed E-state index contributed by atoms with van der Waals surface area (Å²) in [5, 5.41) is 0.986. The van der Waals surface area contributed by atoms with E-state index in [-0.39, 0.29) is 5.91 Å². The molecule has 1 amide bonds. The van der Waals surface area contributed by atoms with Gasteiger partial charge in [0.1, 0.15) is 5.58 Å². The molecular weight excluding hydrogens is 248 g/mol. The summed E-state index contributed by atoms with van der Waals surface area (Å²) in [6, 6.07) is 7.65. The first-order valence-corrected chi connectivity index (χ1v) is 7.02. The quantitative estimate of drug-likeness (QED) is 0.377. The molecule has 0 bridgehead atoms. The Labute approximate surface area is 110 Å². The van der Waals surface area contributed by atoms with Gasteiger partial charge in [-0.05, 0) is 18.2 Å². The second-order valence-corrected chi connectivity index (χ2v) is 5.04. The van der Waals surface area contributed by atoms with Crippen molar-refractivity contribution in [3.63, 3.8) is 0 Å². The van der Waals surface area contributed by atoms with E-state index in [0.717, 1.165) is 34.5 Å². The van der Waals surface area contributed by atoms with Crippen LogP contribution < -0.4 is 11.3 Å². The van der Waals surface area contributed by atoms with E-state index < -0.39 is 0 Å². The molecule has 18 heavy (non-hydrogen) atoms. The molecule has 0 aliphatic carbocycles. The van der Waals surface area contributed by atoms with E-state index in [1.54, 1.807) is 11.8 Å². The molecule has 0 unspecified atom stereocenters. The normalized spacial score (nSPS) is 10.8. The number of rotatable bonds is 5. The second-order valence-electron chi connectivity index (χ2n) is 3.93. The minimum atomic E-state index is -0.377. The summed E-state index contributed by atoms with van der Waals surface area (Å²) in [6.45, 7) is 2.13. The molecule has 1 aromatic heterocycles. The van der Waals surface area contributed by atoms with Gasteiger partial charge in [0.15, 0.2) is 5.76 Å². The van der Waals surface area contributed by atoms with Gasteiger partial charge in [-0.2, -0.15) is 11.8 Å². The number of fused-ring (bicyclic) bond motifs is 1. The third-order valence-corrected chi connectivity index (χ3v) is 3.82. The number of nitrogen functional groups attached to an aromatic ring is 1. The van der Waals surface area contributed by atoms with E-state index >= 15 is 0 Å². The fourth-order valence-electron chi connectivity index (χ4n) is 1.81. The smallest absolute Gasteiger partial charge is 0.301 e. The number of nitrogens with two attached hydrogens (primary N) is 1. The fraction of sp³-hybridized carbons (Fsp3) is 0.308. The SMILES string of the molecule is CCCSCc1c(C(=O)NN)oc2ccccc12. The topological polar surface area (TPSA) is 68.3 Å². The molecule has 0 saturated heterocycles. The van der Waals surface area contributed by atoms with Crippen LogP contribution in [0.5, 0.6) is 0 Å². The van der Waals surface area contributed by atoms with Crippen molar-refractivity contribution in [1.29, 1.82) is 0 Å². The molecule has 0 saturated carbocycles. The van der Waals surface area contributed by atoms with Crippen LogP contribution in [0.3, 0.4) is 0 Å². The number of carbonyl (C=O) groups is 1. The van der Waals surface area contributed by atoms with Crippen molar-refractivity contribution in [1.82, 2.24) is 5.43 Å². The van der Waals surface area contributed by atoms with Gasteiger partial charge in [0.2, 0.25) is 0 Å². The molecule has 0 aliphatic rings. The third kappa shape index (κ3) is 2.52. The number of benzene rings is 1. The zero-order valence-electron chi connectivity index (χ0n) is 10.2. The average molecular weight is 264 g/mol. The molecular formula is C13H16N2O2S. The summed E-state index contributed by atoms with van der Waals surface area (Å²) in [7, 11) is 0. The van der Waals surface area contributed by atoms with Crippen LogP contribution in [0, 0.1) is 0 Å². The van der Waals surface area contributed by atoms with Gasteiger partial charge in [0.25, 0.3) is 0 Å². The lowest BCUT2D eigenvalue weighted by Gasteiger charge is -2.01. The number of para-hydroxylation sites is 1. The van der Waals surface area contributed by atoms with Gasteiger partial charge in [-0.25, -0.2) is 5.84 Å². The lowest BCUT2D eigenvalue weighted by Crippen LogP contribution is -2.30. The average Bonchev–Trinajstić information content (AvgIpc) is 2.77. The summed E-state index contributed by atoms with van der Waals surface area (Å²) in [6.07, 6.45) is 1.11. The first-order valence-electron chi connectivity index (χ1n) is 5.87. The first kappa shape index (κ1) is 13.0. The second kappa shape index (κ2) is 5.93. The Morgan fingerprint density at radius 3 is 2.94 bits per heavy atom. The molecule has 1 aromatic carbocycles. The molecule has 1 heterocycles. The number of nitrogens with one attached hydrogen (secondary N) is 1. The van der Waals surface area contributed by atoms with Gasteiger partial charge in [-0.3, -0.25) is 10.2 Å². The molecule has 0 spiro atoms. The van der Waals surface area contributed by atoms with Gasteiger partial charge >= 0.3 is 5.91 Å². The van der Waals surface area contributed by atoms with E-state index in [2.05, 4.69) is 12.3 Å². The van der Waals surface area contributed by atoms with Crippen LogP contribution in [0.15, 0.2) is 28.7 Å². The summed E-state index contributed by atoms with van der Waals surface area (Å²) < 4.78 is 5.58.